The Bertz CT molecular complexity index is 2810. The lowest BCUT2D eigenvalue weighted by Crippen LogP contribution is -2.48. The summed E-state index contributed by atoms with van der Waals surface area (Å²) in [4.78, 5) is 75.5. The van der Waals surface area contributed by atoms with Crippen LogP contribution in [0.4, 0.5) is 11.4 Å². The summed E-state index contributed by atoms with van der Waals surface area (Å²) in [6.07, 6.45) is 11.3. The number of aromatic nitrogens is 4. The maximum Gasteiger partial charge on any atom is 0.251 e. The average molecular weight is 1070 g/mol. The second-order valence-electron chi connectivity index (χ2n) is 20.7. The lowest BCUT2D eigenvalue weighted by atomic mass is 9.83. The first kappa shape index (κ1) is 55.7. The van der Waals surface area contributed by atoms with Crippen molar-refractivity contribution in [2.24, 2.45) is 11.8 Å². The van der Waals surface area contributed by atoms with Crippen LogP contribution in [0.5, 0.6) is 5.75 Å². The number of benzene rings is 3. The fourth-order valence-corrected chi connectivity index (χ4v) is 10.9. The lowest BCUT2D eigenvalue weighted by Gasteiger charge is -2.37. The molecule has 5 N–H and O–H groups in total. The van der Waals surface area contributed by atoms with Gasteiger partial charge in [0.05, 0.1) is 44.6 Å². The molecule has 0 spiro atoms. The fraction of sp³-hybridized carbons (Fsp3) is 0.492. The number of rotatable bonds is 27. The highest BCUT2D eigenvalue weighted by Gasteiger charge is 2.42. The summed E-state index contributed by atoms with van der Waals surface area (Å²) < 4.78 is 23.3. The molecule has 4 amide bonds. The minimum atomic E-state index is -0.482. The summed E-state index contributed by atoms with van der Waals surface area (Å²) >= 11 is 0. The molecule has 3 aromatic carbocycles. The Morgan fingerprint density at radius 3 is 2.27 bits per heavy atom. The molecule has 5 aromatic rings. The van der Waals surface area contributed by atoms with Crippen molar-refractivity contribution in [3.05, 3.63) is 119 Å². The number of carbonyl (C=O) groups is 5. The van der Waals surface area contributed by atoms with Gasteiger partial charge in [-0.1, -0.05) is 24.6 Å². The Balaban J connectivity index is 0.573. The van der Waals surface area contributed by atoms with Crippen molar-refractivity contribution >= 4 is 40.8 Å². The molecule has 2 aromatic heterocycles. The van der Waals surface area contributed by atoms with E-state index in [1.165, 1.54) is 0 Å². The van der Waals surface area contributed by atoms with Gasteiger partial charge in [0.1, 0.15) is 5.75 Å². The molecule has 0 radical (unpaired) electrons. The van der Waals surface area contributed by atoms with E-state index >= 15 is 0 Å². The molecular formula is C59H74N10O9. The standard InChI is InChI=1S/C59H74N10O9/c1-41(62-56(73)44-10-6-11-46(37-44)65-59(20-24-61-25-21-59)58-64-55(66-67-58)42-18-22-60-23-19-42)43-9-7-12-48(39-43)78-32-5-3-2-4-30-75-33-35-77-36-34-76-31-8-13-53(71)69-28-26-68(27-29-69)47-14-15-49-45(38-47)40-51(54(49)72)50-16-17-52(70)63-57(50)74/h6-7,9-12,14-15,18-19,22-23,37-39,41,50-51,61,65H,2-5,8,13,16-17,20-21,24-36,40H2,1H3,(H,62,73)(H,63,70,74)(H,64,66,67)/t41-,50?,51?/m1/s1. The van der Waals surface area contributed by atoms with E-state index in [1.807, 2.05) is 90.7 Å². The number of carbonyl (C=O) groups excluding carboxylic acids is 5. The van der Waals surface area contributed by atoms with E-state index in [1.54, 1.807) is 12.4 Å². The number of unbranched alkanes of at least 4 members (excludes halogenated alkanes) is 3. The molecule has 2 unspecified atom stereocenters. The number of nitrogens with one attached hydrogen (secondary N) is 5. The number of piperidine rings is 2. The van der Waals surface area contributed by atoms with Crippen molar-refractivity contribution in [1.82, 2.24) is 41.0 Å². The van der Waals surface area contributed by atoms with Crippen LogP contribution in [0.2, 0.25) is 0 Å². The summed E-state index contributed by atoms with van der Waals surface area (Å²) in [6, 6.07) is 24.9. The topological polar surface area (TPSA) is 231 Å². The van der Waals surface area contributed by atoms with E-state index in [-0.39, 0.29) is 41.9 Å². The van der Waals surface area contributed by atoms with Crippen molar-refractivity contribution in [1.29, 1.82) is 0 Å². The molecule has 9 rings (SSSR count). The van der Waals surface area contributed by atoms with Gasteiger partial charge in [-0.25, -0.2) is 0 Å². The Morgan fingerprint density at radius 1 is 0.769 bits per heavy atom. The Labute approximate surface area is 456 Å². The number of hydrogen-bond acceptors (Lipinski definition) is 15. The fourth-order valence-electron chi connectivity index (χ4n) is 10.9. The zero-order valence-electron chi connectivity index (χ0n) is 44.8. The molecule has 4 aliphatic rings. The number of piperazine rings is 1. The number of hydrogen-bond donors (Lipinski definition) is 5. The highest BCUT2D eigenvalue weighted by Crippen LogP contribution is 2.38. The third kappa shape index (κ3) is 14.7. The number of Topliss-reactive ketones (excluding diaryl/α,β-unsaturated/α-hetero) is 1. The molecule has 3 atom stereocenters. The van der Waals surface area contributed by atoms with Gasteiger partial charge in [0.15, 0.2) is 17.4 Å². The molecule has 414 valence electrons. The Morgan fingerprint density at radius 2 is 1.50 bits per heavy atom. The van der Waals surface area contributed by atoms with E-state index < -0.39 is 17.4 Å². The van der Waals surface area contributed by atoms with Crippen molar-refractivity contribution in [2.45, 2.75) is 89.1 Å². The predicted molar refractivity (Wildman–Crippen MR) is 294 cm³/mol. The SMILES string of the molecule is C[C@@H](NC(=O)c1cccc(NC2(c3nnc(-c4ccncc4)[nH]3)CCNCC2)c1)c1cccc(OCCCCCCOCCOCCOCCCC(=O)N2CCN(c3ccc4c(c3)CC(C3CCC(=O)NC3=O)C4=O)CC2)c1. The van der Waals surface area contributed by atoms with Crippen LogP contribution in [-0.2, 0) is 40.6 Å². The van der Waals surface area contributed by atoms with E-state index in [9.17, 15) is 24.0 Å². The highest BCUT2D eigenvalue weighted by molar-refractivity contribution is 6.07. The number of imide groups is 1. The Hall–Kier alpha value is -7.06. The number of amides is 4. The number of pyridine rings is 1. The first-order chi connectivity index (χ1) is 38.1. The van der Waals surface area contributed by atoms with Gasteiger partial charge in [-0.2, -0.15) is 0 Å². The summed E-state index contributed by atoms with van der Waals surface area (Å²) in [5, 5.41) is 21.7. The van der Waals surface area contributed by atoms with E-state index in [0.29, 0.717) is 115 Å². The van der Waals surface area contributed by atoms with Crippen LogP contribution in [-0.4, -0.2) is 140 Å². The number of fused-ring (bicyclic) bond motifs is 1. The average Bonchev–Trinajstić information content (AvgIpc) is 4.11. The van der Waals surface area contributed by atoms with Gasteiger partial charge in [0.2, 0.25) is 17.7 Å². The summed E-state index contributed by atoms with van der Waals surface area (Å²) in [5.41, 5.74) is 5.41. The van der Waals surface area contributed by atoms with Gasteiger partial charge in [-0.15, -0.1) is 10.2 Å². The molecule has 3 aliphatic heterocycles. The monoisotopic (exact) mass is 1070 g/mol. The maximum absolute atomic E-state index is 13.6. The number of ether oxygens (including phenoxy) is 4. The largest absolute Gasteiger partial charge is 0.494 e. The van der Waals surface area contributed by atoms with Gasteiger partial charge in [-0.3, -0.25) is 34.3 Å². The predicted octanol–water partition coefficient (Wildman–Crippen LogP) is 6.57. The molecule has 3 fully saturated rings. The molecule has 19 nitrogen and oxygen atoms in total. The Kier molecular flexibility index (Phi) is 19.6. The second-order valence-corrected chi connectivity index (χ2v) is 20.7. The molecule has 19 heteroatoms. The lowest BCUT2D eigenvalue weighted by molar-refractivity contribution is -0.137. The minimum absolute atomic E-state index is 0.0173. The number of nitrogens with zero attached hydrogens (tertiary/aromatic N) is 5. The van der Waals surface area contributed by atoms with Gasteiger partial charge >= 0.3 is 0 Å². The third-order valence-electron chi connectivity index (χ3n) is 15.3. The van der Waals surface area contributed by atoms with E-state index in [2.05, 4.69) is 46.3 Å². The normalized spacial score (nSPS) is 18.6. The number of aromatic amines is 1. The molecule has 3 saturated heterocycles. The number of ketones is 1. The zero-order chi connectivity index (χ0) is 54.1. The van der Waals surface area contributed by atoms with Crippen LogP contribution in [0, 0.1) is 11.8 Å². The van der Waals surface area contributed by atoms with Crippen LogP contribution in [0.1, 0.15) is 115 Å². The summed E-state index contributed by atoms with van der Waals surface area (Å²) in [5.74, 6) is 0.652. The van der Waals surface area contributed by atoms with Crippen molar-refractivity contribution in [3.8, 4) is 17.1 Å². The molecule has 5 heterocycles. The molecule has 0 saturated carbocycles. The van der Waals surface area contributed by atoms with Crippen LogP contribution in [0.25, 0.3) is 11.4 Å². The first-order valence-corrected chi connectivity index (χ1v) is 27.9. The second kappa shape index (κ2) is 27.5. The number of H-pyrrole nitrogens is 1. The van der Waals surface area contributed by atoms with E-state index in [4.69, 9.17) is 18.9 Å². The summed E-state index contributed by atoms with van der Waals surface area (Å²) in [6.45, 7) is 10.0. The van der Waals surface area contributed by atoms with Crippen LogP contribution in [0.3, 0.4) is 0 Å². The van der Waals surface area contributed by atoms with E-state index in [0.717, 1.165) is 91.3 Å². The number of anilines is 2. The first-order valence-electron chi connectivity index (χ1n) is 27.9. The third-order valence-corrected chi connectivity index (χ3v) is 15.3. The summed E-state index contributed by atoms with van der Waals surface area (Å²) in [7, 11) is 0. The maximum atomic E-state index is 13.6. The van der Waals surface area contributed by atoms with Crippen LogP contribution >= 0.6 is 0 Å². The van der Waals surface area contributed by atoms with Crippen LogP contribution in [0.15, 0.2) is 91.3 Å². The van der Waals surface area contributed by atoms with Gasteiger partial charge in [-0.05, 0) is 143 Å². The van der Waals surface area contributed by atoms with Gasteiger partial charge in [0, 0.05) is 105 Å². The van der Waals surface area contributed by atoms with Gasteiger partial charge in [0.25, 0.3) is 5.91 Å². The smallest absolute Gasteiger partial charge is 0.251 e. The van der Waals surface area contributed by atoms with Crippen molar-refractivity contribution in [3.63, 3.8) is 0 Å². The molecular weight excluding hydrogens is 993 g/mol. The highest BCUT2D eigenvalue weighted by atomic mass is 16.5. The van der Waals surface area contributed by atoms with Crippen molar-refractivity contribution < 1.29 is 42.9 Å². The van der Waals surface area contributed by atoms with Gasteiger partial charge < -0.3 is 49.7 Å². The quantitative estimate of drug-likeness (QED) is 0.0277. The molecule has 1 aliphatic carbocycles. The molecule has 78 heavy (non-hydrogen) atoms. The zero-order valence-corrected chi connectivity index (χ0v) is 44.8. The minimum Gasteiger partial charge on any atom is -0.494 e. The molecule has 0 bridgehead atoms. The van der Waals surface area contributed by atoms with Crippen molar-refractivity contribution in [2.75, 3.05) is 95.7 Å². The van der Waals surface area contributed by atoms with Crippen LogP contribution < -0.4 is 30.9 Å².